The van der Waals surface area contributed by atoms with Gasteiger partial charge in [-0.25, -0.2) is 0 Å². The van der Waals surface area contributed by atoms with Gasteiger partial charge in [0.2, 0.25) is 0 Å². The Hall–Kier alpha value is -1.51. The lowest BCUT2D eigenvalue weighted by Crippen LogP contribution is -1.99. The van der Waals surface area contributed by atoms with E-state index in [0.717, 1.165) is 16.9 Å². The van der Waals surface area contributed by atoms with Crippen LogP contribution in [0.3, 0.4) is 0 Å². The number of benzene rings is 2. The molecule has 0 spiro atoms. The van der Waals surface area contributed by atoms with Crippen molar-refractivity contribution in [2.75, 3.05) is 7.11 Å². The molecule has 0 radical (unpaired) electrons. The lowest BCUT2D eigenvalue weighted by molar-refractivity contribution is 0.220. The van der Waals surface area contributed by atoms with Crippen LogP contribution in [0.5, 0.6) is 5.75 Å². The zero-order chi connectivity index (χ0) is 12.3. The first-order valence-electron chi connectivity index (χ1n) is 5.28. The zero-order valence-corrected chi connectivity index (χ0v) is 10.2. The highest BCUT2D eigenvalue weighted by molar-refractivity contribution is 6.30. The van der Waals surface area contributed by atoms with Crippen LogP contribution in [0.4, 0.5) is 0 Å². The van der Waals surface area contributed by atoms with E-state index in [1.54, 1.807) is 19.2 Å². The fraction of sp³-hybridized carbons (Fsp3) is 0.143. The van der Waals surface area contributed by atoms with Gasteiger partial charge in [-0.1, -0.05) is 35.9 Å². The van der Waals surface area contributed by atoms with E-state index in [4.69, 9.17) is 16.3 Å². The molecule has 0 aliphatic heterocycles. The summed E-state index contributed by atoms with van der Waals surface area (Å²) < 4.78 is 5.07. The molecule has 0 aliphatic carbocycles. The molecular weight excluding hydrogens is 236 g/mol. The Balaban J connectivity index is 2.23. The number of aliphatic hydroxyl groups is 1. The quantitative estimate of drug-likeness (QED) is 0.902. The highest BCUT2D eigenvalue weighted by Gasteiger charge is 2.09. The third kappa shape index (κ3) is 2.78. The average molecular weight is 249 g/mol. The minimum absolute atomic E-state index is 0.641. The van der Waals surface area contributed by atoms with E-state index < -0.39 is 6.10 Å². The van der Waals surface area contributed by atoms with Crippen LogP contribution in [-0.4, -0.2) is 12.2 Å². The molecule has 0 bridgehead atoms. The topological polar surface area (TPSA) is 29.5 Å². The molecule has 1 atom stereocenters. The Bertz CT molecular complexity index is 477. The van der Waals surface area contributed by atoms with Crippen LogP contribution >= 0.6 is 11.6 Å². The number of rotatable bonds is 3. The zero-order valence-electron chi connectivity index (χ0n) is 9.43. The molecule has 17 heavy (non-hydrogen) atoms. The van der Waals surface area contributed by atoms with Gasteiger partial charge in [0.05, 0.1) is 7.11 Å². The fourth-order valence-electron chi connectivity index (χ4n) is 1.62. The maximum absolute atomic E-state index is 10.2. The first kappa shape index (κ1) is 12.0. The SMILES string of the molecule is COc1ccc(C(O)c2ccc(Cl)cc2)cc1. The van der Waals surface area contributed by atoms with Crippen molar-refractivity contribution >= 4 is 11.6 Å². The summed E-state index contributed by atoms with van der Waals surface area (Å²) in [7, 11) is 1.62. The molecule has 0 heterocycles. The summed E-state index contributed by atoms with van der Waals surface area (Å²) in [4.78, 5) is 0. The highest BCUT2D eigenvalue weighted by Crippen LogP contribution is 2.24. The van der Waals surface area contributed by atoms with E-state index in [1.165, 1.54) is 0 Å². The summed E-state index contributed by atoms with van der Waals surface area (Å²) in [5.74, 6) is 0.775. The molecule has 0 saturated carbocycles. The van der Waals surface area contributed by atoms with Gasteiger partial charge in [0.15, 0.2) is 0 Å². The molecule has 0 amide bonds. The van der Waals surface area contributed by atoms with Gasteiger partial charge in [-0.15, -0.1) is 0 Å². The van der Waals surface area contributed by atoms with Crippen LogP contribution < -0.4 is 4.74 Å². The van der Waals surface area contributed by atoms with Gasteiger partial charge in [-0.3, -0.25) is 0 Å². The second-order valence-corrected chi connectivity index (χ2v) is 4.16. The van der Waals surface area contributed by atoms with Gasteiger partial charge in [0.1, 0.15) is 11.9 Å². The van der Waals surface area contributed by atoms with Gasteiger partial charge >= 0.3 is 0 Å². The highest BCUT2D eigenvalue weighted by atomic mass is 35.5. The molecule has 2 aromatic rings. The molecule has 2 nitrogen and oxygen atoms in total. The summed E-state index contributed by atoms with van der Waals surface area (Å²) in [6.07, 6.45) is -0.641. The summed E-state index contributed by atoms with van der Waals surface area (Å²) in [6, 6.07) is 14.5. The number of aliphatic hydroxyl groups excluding tert-OH is 1. The van der Waals surface area contributed by atoms with Crippen LogP contribution in [0, 0.1) is 0 Å². The maximum Gasteiger partial charge on any atom is 0.118 e. The summed E-state index contributed by atoms with van der Waals surface area (Å²) in [5, 5.41) is 10.8. The summed E-state index contributed by atoms with van der Waals surface area (Å²) >= 11 is 5.80. The van der Waals surface area contributed by atoms with E-state index in [-0.39, 0.29) is 0 Å². The Morgan fingerprint density at radius 3 is 1.88 bits per heavy atom. The predicted octanol–water partition coefficient (Wildman–Crippen LogP) is 3.43. The minimum atomic E-state index is -0.641. The molecule has 2 aromatic carbocycles. The van der Waals surface area contributed by atoms with Gasteiger partial charge < -0.3 is 9.84 Å². The number of hydrogen-bond donors (Lipinski definition) is 1. The fourth-order valence-corrected chi connectivity index (χ4v) is 1.75. The summed E-state index contributed by atoms with van der Waals surface area (Å²) in [5.41, 5.74) is 1.65. The maximum atomic E-state index is 10.2. The largest absolute Gasteiger partial charge is 0.497 e. The van der Waals surface area contributed by atoms with Crippen molar-refractivity contribution in [3.63, 3.8) is 0 Å². The molecule has 1 unspecified atom stereocenters. The molecule has 0 fully saturated rings. The van der Waals surface area contributed by atoms with Crippen LogP contribution in [0.15, 0.2) is 48.5 Å². The van der Waals surface area contributed by atoms with E-state index in [9.17, 15) is 5.11 Å². The minimum Gasteiger partial charge on any atom is -0.497 e. The number of methoxy groups -OCH3 is 1. The Morgan fingerprint density at radius 1 is 0.941 bits per heavy atom. The van der Waals surface area contributed by atoms with Crippen molar-refractivity contribution < 1.29 is 9.84 Å². The van der Waals surface area contributed by atoms with E-state index >= 15 is 0 Å². The van der Waals surface area contributed by atoms with Gasteiger partial charge in [-0.05, 0) is 35.4 Å². The van der Waals surface area contributed by atoms with Crippen molar-refractivity contribution in [3.05, 3.63) is 64.7 Å². The van der Waals surface area contributed by atoms with Gasteiger partial charge in [-0.2, -0.15) is 0 Å². The number of hydrogen-bond acceptors (Lipinski definition) is 2. The lowest BCUT2D eigenvalue weighted by atomic mass is 10.0. The molecule has 0 aliphatic rings. The number of halogens is 1. The Labute approximate surface area is 105 Å². The van der Waals surface area contributed by atoms with Crippen molar-refractivity contribution in [1.82, 2.24) is 0 Å². The van der Waals surface area contributed by atoms with Crippen LogP contribution in [0.1, 0.15) is 17.2 Å². The van der Waals surface area contributed by atoms with Crippen molar-refractivity contribution in [3.8, 4) is 5.75 Å². The smallest absolute Gasteiger partial charge is 0.118 e. The van der Waals surface area contributed by atoms with Gasteiger partial charge in [0.25, 0.3) is 0 Å². The summed E-state index contributed by atoms with van der Waals surface area (Å²) in [6.45, 7) is 0. The second-order valence-electron chi connectivity index (χ2n) is 3.73. The Kier molecular flexibility index (Phi) is 3.67. The van der Waals surface area contributed by atoms with E-state index in [1.807, 2.05) is 36.4 Å². The van der Waals surface area contributed by atoms with Crippen molar-refractivity contribution in [2.24, 2.45) is 0 Å². The second kappa shape index (κ2) is 5.21. The third-order valence-electron chi connectivity index (χ3n) is 2.62. The van der Waals surface area contributed by atoms with Crippen LogP contribution in [0.2, 0.25) is 5.02 Å². The Morgan fingerprint density at radius 2 is 1.41 bits per heavy atom. The molecule has 88 valence electrons. The van der Waals surface area contributed by atoms with Crippen molar-refractivity contribution in [1.29, 1.82) is 0 Å². The molecule has 2 rings (SSSR count). The molecule has 0 aromatic heterocycles. The molecular formula is C14H13ClO2. The monoisotopic (exact) mass is 248 g/mol. The first-order chi connectivity index (χ1) is 8.20. The molecule has 3 heteroatoms. The van der Waals surface area contributed by atoms with Gasteiger partial charge in [0, 0.05) is 5.02 Å². The van der Waals surface area contributed by atoms with Crippen LogP contribution in [0.25, 0.3) is 0 Å². The van der Waals surface area contributed by atoms with E-state index in [0.29, 0.717) is 5.02 Å². The van der Waals surface area contributed by atoms with E-state index in [2.05, 4.69) is 0 Å². The van der Waals surface area contributed by atoms with Crippen molar-refractivity contribution in [2.45, 2.75) is 6.10 Å². The molecule has 0 saturated heterocycles. The normalized spacial score (nSPS) is 12.2. The average Bonchev–Trinajstić information content (AvgIpc) is 2.39. The third-order valence-corrected chi connectivity index (χ3v) is 2.87. The predicted molar refractivity (Wildman–Crippen MR) is 68.5 cm³/mol. The van der Waals surface area contributed by atoms with Crippen LogP contribution in [-0.2, 0) is 0 Å². The molecule has 1 N–H and O–H groups in total. The first-order valence-corrected chi connectivity index (χ1v) is 5.66. The lowest BCUT2D eigenvalue weighted by Gasteiger charge is -2.12. The standard InChI is InChI=1S/C14H13ClO2/c1-17-13-8-4-11(5-9-13)14(16)10-2-6-12(15)7-3-10/h2-9,14,16H,1H3. The number of ether oxygens (including phenoxy) is 1.